The molecule has 3 rings (SSSR count). The molecule has 29 heavy (non-hydrogen) atoms. The summed E-state index contributed by atoms with van der Waals surface area (Å²) in [5.74, 6) is 1.44. The van der Waals surface area contributed by atoms with Gasteiger partial charge < -0.3 is 28.6 Å². The number of ether oxygens (including phenoxy) is 5. The van der Waals surface area contributed by atoms with Gasteiger partial charge in [-0.05, 0) is 42.8 Å². The fraction of sp³-hybridized carbons (Fsp3) is 0.333. The molecule has 0 aromatic heterocycles. The number of amides is 1. The number of carbonyl (C=O) groups excluding carboxylic acids is 2. The minimum atomic E-state index is -0.480. The third-order valence-electron chi connectivity index (χ3n) is 4.48. The Kier molecular flexibility index (Phi) is 6.43. The van der Waals surface area contributed by atoms with Crippen molar-refractivity contribution in [2.75, 3.05) is 34.2 Å². The first kappa shape index (κ1) is 20.3. The van der Waals surface area contributed by atoms with E-state index in [1.165, 1.54) is 20.3 Å². The lowest BCUT2D eigenvalue weighted by Gasteiger charge is -2.21. The molecule has 0 aliphatic carbocycles. The predicted octanol–water partition coefficient (Wildman–Crippen LogP) is 2.64. The quantitative estimate of drug-likeness (QED) is 0.629. The Bertz CT molecular complexity index is 897. The highest BCUT2D eigenvalue weighted by molar-refractivity contribution is 5.90. The first-order chi connectivity index (χ1) is 14.0. The SMILES string of the molecule is CCN(Cc1ccc2c(c1)OCO2)C(=O)COc1ccc(C(=O)OC)cc1OC. The second kappa shape index (κ2) is 9.18. The molecule has 8 nitrogen and oxygen atoms in total. The summed E-state index contributed by atoms with van der Waals surface area (Å²) in [6.07, 6.45) is 0. The largest absolute Gasteiger partial charge is 0.493 e. The van der Waals surface area contributed by atoms with Gasteiger partial charge in [-0.15, -0.1) is 0 Å². The zero-order valence-electron chi connectivity index (χ0n) is 16.6. The molecule has 1 heterocycles. The highest BCUT2D eigenvalue weighted by Gasteiger charge is 2.18. The molecule has 0 spiro atoms. The summed E-state index contributed by atoms with van der Waals surface area (Å²) in [4.78, 5) is 25.9. The van der Waals surface area contributed by atoms with E-state index in [2.05, 4.69) is 0 Å². The van der Waals surface area contributed by atoms with Crippen LogP contribution in [0, 0.1) is 0 Å². The van der Waals surface area contributed by atoms with Crippen LogP contribution in [0.15, 0.2) is 36.4 Å². The molecule has 0 saturated heterocycles. The average molecular weight is 401 g/mol. The molecule has 154 valence electrons. The van der Waals surface area contributed by atoms with Gasteiger partial charge in [-0.2, -0.15) is 0 Å². The van der Waals surface area contributed by atoms with Crippen LogP contribution in [0.1, 0.15) is 22.8 Å². The number of likely N-dealkylation sites (N-methyl/N-ethyl adjacent to an activating group) is 1. The Morgan fingerprint density at radius 2 is 1.83 bits per heavy atom. The van der Waals surface area contributed by atoms with Gasteiger partial charge >= 0.3 is 5.97 Å². The molecule has 2 aromatic carbocycles. The van der Waals surface area contributed by atoms with Crippen LogP contribution < -0.4 is 18.9 Å². The molecule has 8 heteroatoms. The zero-order valence-corrected chi connectivity index (χ0v) is 16.6. The summed E-state index contributed by atoms with van der Waals surface area (Å²) in [5, 5.41) is 0. The van der Waals surface area contributed by atoms with Crippen molar-refractivity contribution in [3.05, 3.63) is 47.5 Å². The normalized spacial score (nSPS) is 11.7. The van der Waals surface area contributed by atoms with Crippen molar-refractivity contribution in [3.8, 4) is 23.0 Å². The van der Waals surface area contributed by atoms with E-state index in [1.54, 1.807) is 17.0 Å². The summed E-state index contributed by atoms with van der Waals surface area (Å²) in [6.45, 7) is 2.89. The summed E-state index contributed by atoms with van der Waals surface area (Å²) >= 11 is 0. The Labute approximate surface area is 168 Å². The Balaban J connectivity index is 1.63. The number of methoxy groups -OCH3 is 2. The minimum absolute atomic E-state index is 0.160. The van der Waals surface area contributed by atoms with E-state index >= 15 is 0 Å². The smallest absolute Gasteiger partial charge is 0.337 e. The fourth-order valence-corrected chi connectivity index (χ4v) is 2.90. The van der Waals surface area contributed by atoms with Crippen molar-refractivity contribution in [3.63, 3.8) is 0 Å². The highest BCUT2D eigenvalue weighted by atomic mass is 16.7. The topological polar surface area (TPSA) is 83.5 Å². The summed E-state index contributed by atoms with van der Waals surface area (Å²) in [5.41, 5.74) is 1.27. The number of fused-ring (bicyclic) bond motifs is 1. The minimum Gasteiger partial charge on any atom is -0.493 e. The molecule has 0 radical (unpaired) electrons. The molecular weight excluding hydrogens is 378 g/mol. The third kappa shape index (κ3) is 4.71. The summed E-state index contributed by atoms with van der Waals surface area (Å²) in [7, 11) is 2.76. The van der Waals surface area contributed by atoms with Gasteiger partial charge in [0.1, 0.15) is 0 Å². The van der Waals surface area contributed by atoms with Crippen LogP contribution in [0.4, 0.5) is 0 Å². The Morgan fingerprint density at radius 3 is 2.55 bits per heavy atom. The second-order valence-electron chi connectivity index (χ2n) is 6.24. The van der Waals surface area contributed by atoms with Crippen LogP contribution in [-0.4, -0.2) is 50.9 Å². The maximum atomic E-state index is 12.6. The van der Waals surface area contributed by atoms with Gasteiger partial charge in [0, 0.05) is 13.1 Å². The van der Waals surface area contributed by atoms with E-state index in [9.17, 15) is 9.59 Å². The van der Waals surface area contributed by atoms with Crippen molar-refractivity contribution in [1.82, 2.24) is 4.90 Å². The van der Waals surface area contributed by atoms with Gasteiger partial charge in [-0.25, -0.2) is 4.79 Å². The first-order valence-corrected chi connectivity index (χ1v) is 9.11. The Hall–Kier alpha value is -3.42. The number of hydrogen-bond acceptors (Lipinski definition) is 7. The van der Waals surface area contributed by atoms with Gasteiger partial charge in [0.2, 0.25) is 6.79 Å². The van der Waals surface area contributed by atoms with Gasteiger partial charge in [0.05, 0.1) is 19.8 Å². The second-order valence-corrected chi connectivity index (χ2v) is 6.24. The fourth-order valence-electron chi connectivity index (χ4n) is 2.90. The zero-order chi connectivity index (χ0) is 20.8. The van der Waals surface area contributed by atoms with E-state index in [-0.39, 0.29) is 19.3 Å². The van der Waals surface area contributed by atoms with Crippen LogP contribution in [0.5, 0.6) is 23.0 Å². The lowest BCUT2D eigenvalue weighted by Crippen LogP contribution is -2.34. The van der Waals surface area contributed by atoms with E-state index in [1.807, 2.05) is 25.1 Å². The number of rotatable bonds is 8. The molecular formula is C21H23NO7. The van der Waals surface area contributed by atoms with Crippen LogP contribution in [-0.2, 0) is 16.1 Å². The van der Waals surface area contributed by atoms with Gasteiger partial charge in [0.15, 0.2) is 29.6 Å². The molecule has 0 atom stereocenters. The Morgan fingerprint density at radius 1 is 1.03 bits per heavy atom. The number of esters is 1. The van der Waals surface area contributed by atoms with E-state index in [0.717, 1.165) is 5.56 Å². The standard InChI is InChI=1S/C21H23NO7/c1-4-22(11-14-5-7-17-19(9-14)29-13-28-17)20(23)12-27-16-8-6-15(21(24)26-3)10-18(16)25-2/h5-10H,4,11-13H2,1-3H3. The van der Waals surface area contributed by atoms with Crippen molar-refractivity contribution >= 4 is 11.9 Å². The number of nitrogens with zero attached hydrogens (tertiary/aromatic N) is 1. The molecule has 1 amide bonds. The van der Waals surface area contributed by atoms with E-state index < -0.39 is 5.97 Å². The van der Waals surface area contributed by atoms with E-state index in [0.29, 0.717) is 41.7 Å². The van der Waals surface area contributed by atoms with Crippen LogP contribution in [0.3, 0.4) is 0 Å². The van der Waals surface area contributed by atoms with Crippen molar-refractivity contribution < 1.29 is 33.3 Å². The van der Waals surface area contributed by atoms with Crippen LogP contribution in [0.2, 0.25) is 0 Å². The van der Waals surface area contributed by atoms with Crippen LogP contribution >= 0.6 is 0 Å². The molecule has 0 N–H and O–H groups in total. The highest BCUT2D eigenvalue weighted by Crippen LogP contribution is 2.33. The molecule has 1 aliphatic rings. The van der Waals surface area contributed by atoms with Crippen molar-refractivity contribution in [1.29, 1.82) is 0 Å². The van der Waals surface area contributed by atoms with Gasteiger partial charge in [0.25, 0.3) is 5.91 Å². The molecule has 0 unspecified atom stereocenters. The average Bonchev–Trinajstić information content (AvgIpc) is 3.22. The predicted molar refractivity (Wildman–Crippen MR) is 103 cm³/mol. The molecule has 0 bridgehead atoms. The lowest BCUT2D eigenvalue weighted by molar-refractivity contribution is -0.133. The van der Waals surface area contributed by atoms with E-state index in [4.69, 9.17) is 23.7 Å². The molecule has 2 aromatic rings. The van der Waals surface area contributed by atoms with Crippen molar-refractivity contribution in [2.45, 2.75) is 13.5 Å². The maximum Gasteiger partial charge on any atom is 0.337 e. The molecule has 1 aliphatic heterocycles. The summed E-state index contributed by atoms with van der Waals surface area (Å²) in [6, 6.07) is 10.2. The van der Waals surface area contributed by atoms with Crippen LogP contribution in [0.25, 0.3) is 0 Å². The monoisotopic (exact) mass is 401 g/mol. The number of carbonyl (C=O) groups is 2. The summed E-state index contributed by atoms with van der Waals surface area (Å²) < 4.78 is 26.3. The number of benzene rings is 2. The molecule has 0 fully saturated rings. The first-order valence-electron chi connectivity index (χ1n) is 9.11. The lowest BCUT2D eigenvalue weighted by atomic mass is 10.2. The van der Waals surface area contributed by atoms with Gasteiger partial charge in [-0.1, -0.05) is 6.07 Å². The molecule has 0 saturated carbocycles. The maximum absolute atomic E-state index is 12.6. The number of hydrogen-bond donors (Lipinski definition) is 0. The van der Waals surface area contributed by atoms with Crippen molar-refractivity contribution in [2.24, 2.45) is 0 Å². The van der Waals surface area contributed by atoms with Gasteiger partial charge in [-0.3, -0.25) is 4.79 Å². The third-order valence-corrected chi connectivity index (χ3v) is 4.48.